The summed E-state index contributed by atoms with van der Waals surface area (Å²) in [5.74, 6) is 0.810. The predicted molar refractivity (Wildman–Crippen MR) is 94.5 cm³/mol. The van der Waals surface area contributed by atoms with Crippen molar-refractivity contribution in [3.05, 3.63) is 59.7 Å². The number of para-hydroxylation sites is 2. The molecule has 4 rings (SSSR count). The van der Waals surface area contributed by atoms with E-state index in [1.165, 1.54) is 11.3 Å². The third kappa shape index (κ3) is 2.73. The van der Waals surface area contributed by atoms with Gasteiger partial charge in [-0.25, -0.2) is 0 Å². The van der Waals surface area contributed by atoms with Crippen LogP contribution in [0.5, 0.6) is 5.75 Å². The van der Waals surface area contributed by atoms with Gasteiger partial charge in [0.15, 0.2) is 6.10 Å². The Bertz CT molecular complexity index is 734. The molecule has 1 N–H and O–H groups in total. The number of nitrogens with one attached hydrogen (secondary N) is 1. The van der Waals surface area contributed by atoms with E-state index < -0.39 is 6.10 Å². The molecule has 2 aromatic carbocycles. The Balaban J connectivity index is 1.34. The van der Waals surface area contributed by atoms with Crippen LogP contribution in [0.15, 0.2) is 48.5 Å². The first-order valence-electron chi connectivity index (χ1n) is 8.59. The van der Waals surface area contributed by atoms with Crippen LogP contribution in [0.4, 0.5) is 5.69 Å². The monoisotopic (exact) mass is 322 g/mol. The highest BCUT2D eigenvalue weighted by Gasteiger charge is 2.29. The summed E-state index contributed by atoms with van der Waals surface area (Å²) in [6, 6.07) is 16.6. The maximum Gasteiger partial charge on any atom is 0.261 e. The summed E-state index contributed by atoms with van der Waals surface area (Å²) < 4.78 is 5.76. The van der Waals surface area contributed by atoms with Gasteiger partial charge in [-0.1, -0.05) is 36.4 Å². The smallest absolute Gasteiger partial charge is 0.261 e. The fourth-order valence-corrected chi connectivity index (χ4v) is 3.62. The van der Waals surface area contributed by atoms with Crippen LogP contribution < -0.4 is 15.0 Å². The second-order valence-corrected chi connectivity index (χ2v) is 6.58. The Hall–Kier alpha value is -2.49. The minimum atomic E-state index is -0.402. The van der Waals surface area contributed by atoms with Crippen LogP contribution in [-0.4, -0.2) is 31.1 Å². The van der Waals surface area contributed by atoms with Gasteiger partial charge in [-0.15, -0.1) is 0 Å². The molecule has 2 aromatic rings. The number of benzene rings is 2. The lowest BCUT2D eigenvalue weighted by Crippen LogP contribution is -2.45. The largest absolute Gasteiger partial charge is 0.480 e. The topological polar surface area (TPSA) is 41.6 Å². The molecule has 0 fully saturated rings. The van der Waals surface area contributed by atoms with Crippen molar-refractivity contribution < 1.29 is 9.53 Å². The molecular weight excluding hydrogens is 300 g/mol. The molecule has 4 heteroatoms. The number of nitrogens with zero attached hydrogens (tertiary/aromatic N) is 1. The van der Waals surface area contributed by atoms with Crippen molar-refractivity contribution in [1.29, 1.82) is 0 Å². The summed E-state index contributed by atoms with van der Waals surface area (Å²) in [6.45, 7) is 3.80. The van der Waals surface area contributed by atoms with Crippen molar-refractivity contribution in [2.75, 3.05) is 18.0 Å². The van der Waals surface area contributed by atoms with E-state index in [-0.39, 0.29) is 11.9 Å². The Morgan fingerprint density at radius 1 is 1.21 bits per heavy atom. The van der Waals surface area contributed by atoms with Gasteiger partial charge in [0, 0.05) is 31.2 Å². The Morgan fingerprint density at radius 2 is 1.96 bits per heavy atom. The molecule has 0 saturated carbocycles. The van der Waals surface area contributed by atoms with Crippen molar-refractivity contribution in [1.82, 2.24) is 5.32 Å². The van der Waals surface area contributed by atoms with E-state index in [0.717, 1.165) is 24.3 Å². The van der Waals surface area contributed by atoms with Gasteiger partial charge < -0.3 is 15.0 Å². The van der Waals surface area contributed by atoms with Crippen molar-refractivity contribution in [3.63, 3.8) is 0 Å². The average molecular weight is 322 g/mol. The Labute approximate surface area is 142 Å². The molecule has 24 heavy (non-hydrogen) atoms. The average Bonchev–Trinajstić information content (AvgIpc) is 3.23. The zero-order chi connectivity index (χ0) is 16.5. The third-order valence-corrected chi connectivity index (χ3v) is 4.97. The van der Waals surface area contributed by atoms with E-state index in [2.05, 4.69) is 41.4 Å². The van der Waals surface area contributed by atoms with Crippen LogP contribution in [0.2, 0.25) is 0 Å². The highest BCUT2D eigenvalue weighted by atomic mass is 16.5. The van der Waals surface area contributed by atoms with Gasteiger partial charge in [0.1, 0.15) is 5.75 Å². The van der Waals surface area contributed by atoms with Crippen molar-refractivity contribution in [3.8, 4) is 5.75 Å². The zero-order valence-corrected chi connectivity index (χ0v) is 13.9. The second-order valence-electron chi connectivity index (χ2n) is 6.58. The van der Waals surface area contributed by atoms with Crippen LogP contribution in [0, 0.1) is 0 Å². The molecule has 1 amide bonds. The SMILES string of the molecule is C[C@H](CNC(=O)[C@@H]1Cc2ccccc2O1)N1CCc2ccccc21. The van der Waals surface area contributed by atoms with E-state index in [0.29, 0.717) is 13.0 Å². The van der Waals surface area contributed by atoms with E-state index in [1.807, 2.05) is 24.3 Å². The number of fused-ring (bicyclic) bond motifs is 2. The van der Waals surface area contributed by atoms with Crippen LogP contribution >= 0.6 is 0 Å². The zero-order valence-electron chi connectivity index (χ0n) is 13.9. The van der Waals surface area contributed by atoms with Crippen LogP contribution in [0.25, 0.3) is 0 Å². The molecule has 124 valence electrons. The molecule has 2 atom stereocenters. The molecule has 0 radical (unpaired) electrons. The molecule has 0 spiro atoms. The summed E-state index contributed by atoms with van der Waals surface area (Å²) in [4.78, 5) is 14.8. The highest BCUT2D eigenvalue weighted by molar-refractivity contribution is 5.82. The van der Waals surface area contributed by atoms with E-state index in [1.54, 1.807) is 0 Å². The lowest BCUT2D eigenvalue weighted by molar-refractivity contribution is -0.127. The van der Waals surface area contributed by atoms with Crippen molar-refractivity contribution in [2.24, 2.45) is 0 Å². The van der Waals surface area contributed by atoms with Crippen molar-refractivity contribution in [2.45, 2.75) is 31.9 Å². The van der Waals surface area contributed by atoms with Gasteiger partial charge >= 0.3 is 0 Å². The normalized spacial score (nSPS) is 19.4. The summed E-state index contributed by atoms with van der Waals surface area (Å²) in [5, 5.41) is 3.06. The minimum absolute atomic E-state index is 0.0227. The molecule has 4 nitrogen and oxygen atoms in total. The number of hydrogen-bond donors (Lipinski definition) is 1. The molecular formula is C20H22N2O2. The van der Waals surface area contributed by atoms with Crippen LogP contribution in [0.1, 0.15) is 18.1 Å². The molecule has 0 unspecified atom stereocenters. The fourth-order valence-electron chi connectivity index (χ4n) is 3.62. The van der Waals surface area contributed by atoms with Gasteiger partial charge in [-0.05, 0) is 36.6 Å². The Morgan fingerprint density at radius 3 is 2.79 bits per heavy atom. The van der Waals surface area contributed by atoms with Gasteiger partial charge in [0.2, 0.25) is 0 Å². The lowest BCUT2D eigenvalue weighted by Gasteiger charge is -2.28. The van der Waals surface area contributed by atoms with E-state index >= 15 is 0 Å². The number of carbonyl (C=O) groups is 1. The van der Waals surface area contributed by atoms with Crippen LogP contribution in [0.3, 0.4) is 0 Å². The van der Waals surface area contributed by atoms with E-state index in [9.17, 15) is 4.79 Å². The standard InChI is InChI=1S/C20H22N2O2/c1-14(22-11-10-15-6-2-4-8-17(15)22)13-21-20(23)19-12-16-7-3-5-9-18(16)24-19/h2-9,14,19H,10-13H2,1H3,(H,21,23)/t14-,19+/m1/s1. The number of rotatable bonds is 4. The van der Waals surface area contributed by atoms with Gasteiger partial charge in [-0.2, -0.15) is 0 Å². The first-order valence-corrected chi connectivity index (χ1v) is 8.59. The highest BCUT2D eigenvalue weighted by Crippen LogP contribution is 2.30. The van der Waals surface area contributed by atoms with Crippen molar-refractivity contribution >= 4 is 11.6 Å². The molecule has 0 aliphatic carbocycles. The molecule has 2 aliphatic rings. The Kier molecular flexibility index (Phi) is 3.89. The van der Waals surface area contributed by atoms with Crippen LogP contribution in [-0.2, 0) is 17.6 Å². The summed E-state index contributed by atoms with van der Waals surface area (Å²) >= 11 is 0. The first kappa shape index (κ1) is 15.1. The molecule has 0 bridgehead atoms. The number of anilines is 1. The predicted octanol–water partition coefficient (Wildman–Crippen LogP) is 2.56. The van der Waals surface area contributed by atoms with Gasteiger partial charge in [-0.3, -0.25) is 4.79 Å². The number of ether oxygens (including phenoxy) is 1. The molecule has 2 heterocycles. The maximum absolute atomic E-state index is 12.4. The maximum atomic E-state index is 12.4. The van der Waals surface area contributed by atoms with E-state index in [4.69, 9.17) is 4.74 Å². The summed E-state index contributed by atoms with van der Waals surface area (Å²) in [7, 11) is 0. The molecule has 0 aromatic heterocycles. The minimum Gasteiger partial charge on any atom is -0.480 e. The number of amides is 1. The molecule has 2 aliphatic heterocycles. The molecule has 0 saturated heterocycles. The summed E-state index contributed by atoms with van der Waals surface area (Å²) in [6.07, 6.45) is 1.33. The number of hydrogen-bond acceptors (Lipinski definition) is 3. The fraction of sp³-hybridized carbons (Fsp3) is 0.350. The van der Waals surface area contributed by atoms with Gasteiger partial charge in [0.05, 0.1) is 0 Å². The quantitative estimate of drug-likeness (QED) is 0.940. The number of carbonyl (C=O) groups excluding carboxylic acids is 1. The first-order chi connectivity index (χ1) is 11.7. The summed E-state index contributed by atoms with van der Waals surface area (Å²) in [5.41, 5.74) is 3.80. The second kappa shape index (κ2) is 6.19. The van der Waals surface area contributed by atoms with Gasteiger partial charge in [0.25, 0.3) is 5.91 Å². The lowest BCUT2D eigenvalue weighted by atomic mass is 10.1. The third-order valence-electron chi connectivity index (χ3n) is 4.97.